The van der Waals surface area contributed by atoms with Crippen LogP contribution in [-0.4, -0.2) is 40.7 Å². The van der Waals surface area contributed by atoms with E-state index in [4.69, 9.17) is 15.2 Å². The lowest BCUT2D eigenvalue weighted by atomic mass is 10.3. The molecule has 1 saturated heterocycles. The summed E-state index contributed by atoms with van der Waals surface area (Å²) in [5.41, 5.74) is 5.37. The van der Waals surface area contributed by atoms with Crippen molar-refractivity contribution in [3.05, 3.63) is 6.33 Å². The number of hydrogen-bond acceptors (Lipinski definition) is 5. The first-order valence-electron chi connectivity index (χ1n) is 4.69. The number of nitrogens with two attached hydrogens (primary N) is 1. The van der Waals surface area contributed by atoms with E-state index in [1.165, 1.54) is 0 Å². The molecule has 0 radical (unpaired) electrons. The van der Waals surface area contributed by atoms with Crippen LogP contribution < -0.4 is 5.73 Å². The van der Waals surface area contributed by atoms with Crippen molar-refractivity contribution in [3.63, 3.8) is 0 Å². The quantitative estimate of drug-likeness (QED) is 0.716. The van der Waals surface area contributed by atoms with Gasteiger partial charge in [0.05, 0.1) is 25.9 Å². The zero-order chi connectivity index (χ0) is 9.80. The topological polar surface area (TPSA) is 75.2 Å². The molecule has 0 aliphatic carbocycles. The highest BCUT2D eigenvalue weighted by Gasteiger charge is 2.15. The van der Waals surface area contributed by atoms with Crippen LogP contribution in [0.3, 0.4) is 0 Å². The molecule has 1 aliphatic rings. The first-order valence-corrected chi connectivity index (χ1v) is 4.69. The van der Waals surface area contributed by atoms with Crippen LogP contribution >= 0.6 is 0 Å². The van der Waals surface area contributed by atoms with Gasteiger partial charge in [-0.2, -0.15) is 0 Å². The van der Waals surface area contributed by atoms with Gasteiger partial charge >= 0.3 is 0 Å². The average molecular weight is 198 g/mol. The molecule has 78 valence electrons. The normalized spacial score (nSPS) is 21.6. The van der Waals surface area contributed by atoms with E-state index >= 15 is 0 Å². The van der Waals surface area contributed by atoms with Gasteiger partial charge in [-0.05, 0) is 6.42 Å². The second-order valence-corrected chi connectivity index (χ2v) is 3.22. The molecule has 1 unspecified atom stereocenters. The molecule has 0 bridgehead atoms. The maximum atomic E-state index is 5.56. The van der Waals surface area contributed by atoms with Gasteiger partial charge in [-0.3, -0.25) is 0 Å². The molecular weight excluding hydrogens is 184 g/mol. The highest BCUT2D eigenvalue weighted by atomic mass is 16.5. The molecule has 1 aromatic rings. The average Bonchev–Trinajstić information content (AvgIpc) is 2.77. The minimum absolute atomic E-state index is 0.246. The summed E-state index contributed by atoms with van der Waals surface area (Å²) in [5, 5.41) is 3.95. The lowest BCUT2D eigenvalue weighted by Gasteiger charge is -2.08. The van der Waals surface area contributed by atoms with Crippen molar-refractivity contribution in [1.29, 1.82) is 0 Å². The zero-order valence-electron chi connectivity index (χ0n) is 7.93. The van der Waals surface area contributed by atoms with Gasteiger partial charge in [0.1, 0.15) is 6.33 Å². The van der Waals surface area contributed by atoms with Gasteiger partial charge in [-0.15, -0.1) is 5.10 Å². The molecule has 2 N–H and O–H groups in total. The van der Waals surface area contributed by atoms with Gasteiger partial charge < -0.3 is 15.2 Å². The summed E-state index contributed by atoms with van der Waals surface area (Å²) in [6, 6.07) is 0. The molecule has 2 rings (SSSR count). The number of hydrogen-bond donors (Lipinski definition) is 1. The van der Waals surface area contributed by atoms with Crippen molar-refractivity contribution in [2.45, 2.75) is 19.1 Å². The van der Waals surface area contributed by atoms with E-state index in [2.05, 4.69) is 10.1 Å². The van der Waals surface area contributed by atoms with Crippen molar-refractivity contribution in [3.8, 4) is 0 Å². The Morgan fingerprint density at radius 2 is 2.64 bits per heavy atom. The maximum Gasteiger partial charge on any atom is 0.239 e. The Hall–Kier alpha value is -1.14. The second kappa shape index (κ2) is 4.39. The first-order chi connectivity index (χ1) is 6.84. The van der Waals surface area contributed by atoms with Gasteiger partial charge in [-0.25, -0.2) is 9.67 Å². The van der Waals surface area contributed by atoms with Crippen LogP contribution in [0, 0.1) is 0 Å². The smallest absolute Gasteiger partial charge is 0.239 e. The summed E-state index contributed by atoms with van der Waals surface area (Å²) in [7, 11) is 0. The van der Waals surface area contributed by atoms with Crippen LogP contribution in [0.5, 0.6) is 0 Å². The van der Waals surface area contributed by atoms with E-state index in [9.17, 15) is 0 Å². The molecule has 0 saturated carbocycles. The SMILES string of the molecule is Nc1ncn(CCOC2CCOC2)n1. The van der Waals surface area contributed by atoms with Crippen molar-refractivity contribution in [1.82, 2.24) is 14.8 Å². The molecule has 0 spiro atoms. The van der Waals surface area contributed by atoms with E-state index in [1.807, 2.05) is 0 Å². The molecule has 1 fully saturated rings. The number of anilines is 1. The standard InChI is InChI=1S/C8H14N4O2/c9-8-10-6-12(11-8)2-4-14-7-1-3-13-5-7/h6-7H,1-5H2,(H2,9,11). The number of ether oxygens (including phenoxy) is 2. The third-order valence-electron chi connectivity index (χ3n) is 2.12. The molecule has 1 aliphatic heterocycles. The highest BCUT2D eigenvalue weighted by Crippen LogP contribution is 2.07. The molecule has 6 nitrogen and oxygen atoms in total. The largest absolute Gasteiger partial charge is 0.379 e. The van der Waals surface area contributed by atoms with E-state index in [0.29, 0.717) is 25.7 Å². The van der Waals surface area contributed by atoms with Crippen molar-refractivity contribution >= 4 is 5.95 Å². The maximum absolute atomic E-state index is 5.56. The van der Waals surface area contributed by atoms with Gasteiger partial charge in [-0.1, -0.05) is 0 Å². The highest BCUT2D eigenvalue weighted by molar-refractivity contribution is 5.09. The van der Waals surface area contributed by atoms with E-state index in [0.717, 1.165) is 13.0 Å². The summed E-state index contributed by atoms with van der Waals surface area (Å²) in [4.78, 5) is 3.82. The third-order valence-corrected chi connectivity index (χ3v) is 2.12. The lowest BCUT2D eigenvalue weighted by molar-refractivity contribution is 0.0371. The summed E-state index contributed by atoms with van der Waals surface area (Å²) < 4.78 is 12.4. The fourth-order valence-electron chi connectivity index (χ4n) is 1.37. The number of nitrogen functional groups attached to an aromatic ring is 1. The predicted molar refractivity (Wildman–Crippen MR) is 49.6 cm³/mol. The van der Waals surface area contributed by atoms with Gasteiger partial charge in [0.25, 0.3) is 0 Å². The van der Waals surface area contributed by atoms with Gasteiger partial charge in [0.15, 0.2) is 0 Å². The van der Waals surface area contributed by atoms with Gasteiger partial charge in [0, 0.05) is 6.61 Å². The molecule has 2 heterocycles. The van der Waals surface area contributed by atoms with Crippen LogP contribution in [0.4, 0.5) is 5.95 Å². The van der Waals surface area contributed by atoms with Crippen LogP contribution in [0.2, 0.25) is 0 Å². The Morgan fingerprint density at radius 3 is 3.29 bits per heavy atom. The van der Waals surface area contributed by atoms with Crippen LogP contribution in [0.15, 0.2) is 6.33 Å². The van der Waals surface area contributed by atoms with Crippen molar-refractivity contribution in [2.75, 3.05) is 25.6 Å². The summed E-state index contributed by atoms with van der Waals surface area (Å²) in [6.07, 6.45) is 2.83. The lowest BCUT2D eigenvalue weighted by Crippen LogP contribution is -2.16. The molecule has 1 atom stereocenters. The minimum Gasteiger partial charge on any atom is -0.379 e. The molecular formula is C8H14N4O2. The Balaban J connectivity index is 1.67. The Kier molecular flexibility index (Phi) is 2.95. The third kappa shape index (κ3) is 2.43. The molecule has 0 aromatic carbocycles. The van der Waals surface area contributed by atoms with Crippen molar-refractivity contribution < 1.29 is 9.47 Å². The summed E-state index contributed by atoms with van der Waals surface area (Å²) in [6.45, 7) is 2.82. The number of nitrogens with zero attached hydrogens (tertiary/aromatic N) is 3. The van der Waals surface area contributed by atoms with E-state index in [-0.39, 0.29) is 6.10 Å². The Labute approximate surface area is 82.0 Å². The molecule has 6 heteroatoms. The second-order valence-electron chi connectivity index (χ2n) is 3.22. The number of aromatic nitrogens is 3. The first kappa shape index (κ1) is 9.42. The monoisotopic (exact) mass is 198 g/mol. The van der Waals surface area contributed by atoms with Crippen molar-refractivity contribution in [2.24, 2.45) is 0 Å². The Morgan fingerprint density at radius 1 is 1.71 bits per heavy atom. The molecule has 14 heavy (non-hydrogen) atoms. The number of rotatable bonds is 4. The minimum atomic E-state index is 0.246. The zero-order valence-corrected chi connectivity index (χ0v) is 7.93. The fourth-order valence-corrected chi connectivity index (χ4v) is 1.37. The van der Waals surface area contributed by atoms with E-state index in [1.54, 1.807) is 11.0 Å². The summed E-state index contributed by atoms with van der Waals surface area (Å²) >= 11 is 0. The van der Waals surface area contributed by atoms with Gasteiger partial charge in [0.2, 0.25) is 5.95 Å². The molecule has 1 aromatic heterocycles. The van der Waals surface area contributed by atoms with E-state index < -0.39 is 0 Å². The summed E-state index contributed by atoms with van der Waals surface area (Å²) in [5.74, 6) is 0.300. The fraction of sp³-hybridized carbons (Fsp3) is 0.750. The van der Waals surface area contributed by atoms with Crippen LogP contribution in [-0.2, 0) is 16.0 Å². The molecule has 0 amide bonds. The predicted octanol–water partition coefficient (Wildman–Crippen LogP) is -0.334. The Bertz CT molecular complexity index is 283. The van der Waals surface area contributed by atoms with Crippen LogP contribution in [0.25, 0.3) is 0 Å². The van der Waals surface area contributed by atoms with Crippen LogP contribution in [0.1, 0.15) is 6.42 Å².